The molecule has 2 nitrogen and oxygen atoms in total. The van der Waals surface area contributed by atoms with Crippen LogP contribution in [0.2, 0.25) is 0 Å². The van der Waals surface area contributed by atoms with Gasteiger partial charge >= 0.3 is 5.97 Å². The fourth-order valence-corrected chi connectivity index (χ4v) is 5.36. The van der Waals surface area contributed by atoms with Crippen LogP contribution in [0.15, 0.2) is 48.6 Å². The van der Waals surface area contributed by atoms with E-state index in [0.717, 1.165) is 38.5 Å². The van der Waals surface area contributed by atoms with Crippen molar-refractivity contribution in [2.45, 2.75) is 200 Å². The Hall–Kier alpha value is -1.57. The predicted octanol–water partition coefficient (Wildman–Crippen LogP) is 14.1. The highest BCUT2D eigenvalue weighted by molar-refractivity contribution is 5.69. The van der Waals surface area contributed by atoms with Gasteiger partial charge in [0, 0.05) is 6.42 Å². The fraction of sp³-hybridized carbons (Fsp3) is 0.780. The maximum absolute atomic E-state index is 11.9. The summed E-state index contributed by atoms with van der Waals surface area (Å²) in [5.41, 5.74) is 0. The summed E-state index contributed by atoms with van der Waals surface area (Å²) in [6.07, 6.45) is 54.7. The number of hydrogen-bond donors (Lipinski definition) is 0. The fourth-order valence-electron chi connectivity index (χ4n) is 5.36. The summed E-state index contributed by atoms with van der Waals surface area (Å²) < 4.78 is 5.42. The van der Waals surface area contributed by atoms with Crippen LogP contribution in [-0.4, -0.2) is 12.6 Å². The Morgan fingerprint density at radius 3 is 1.14 bits per heavy atom. The molecule has 43 heavy (non-hydrogen) atoms. The molecule has 0 radical (unpaired) electrons. The molecule has 0 aromatic carbocycles. The molecule has 0 aliphatic carbocycles. The molecule has 0 aromatic heterocycles. The molecular weight excluding hydrogens is 524 g/mol. The Morgan fingerprint density at radius 2 is 0.721 bits per heavy atom. The van der Waals surface area contributed by atoms with Crippen molar-refractivity contribution in [1.29, 1.82) is 0 Å². The number of allylic oxidation sites excluding steroid dienone is 8. The Balaban J connectivity index is 3.30. The standard InChI is InChI=1S/C41H74O2/c1-3-5-7-9-11-13-15-17-19-21-22-24-26-28-30-32-34-36-38-40-43-41(42)39-37-35-33-31-29-27-25-23-20-18-16-14-12-10-8-6-4-2/h12,14,18,20,25,27,31,33H,3-11,13,15-17,19,21-24,26,28-30,32,34-40H2,1-2H3. The van der Waals surface area contributed by atoms with Crippen LogP contribution in [0.5, 0.6) is 0 Å². The first-order chi connectivity index (χ1) is 21.3. The number of rotatable bonds is 34. The molecule has 0 amide bonds. The van der Waals surface area contributed by atoms with E-state index in [1.807, 2.05) is 0 Å². The van der Waals surface area contributed by atoms with E-state index in [9.17, 15) is 4.79 Å². The molecule has 0 bridgehead atoms. The van der Waals surface area contributed by atoms with Crippen LogP contribution in [0.3, 0.4) is 0 Å². The first kappa shape index (κ1) is 41.4. The molecule has 0 N–H and O–H groups in total. The predicted molar refractivity (Wildman–Crippen MR) is 193 cm³/mol. The minimum Gasteiger partial charge on any atom is -0.466 e. The molecule has 0 aliphatic heterocycles. The molecule has 0 saturated heterocycles. The summed E-state index contributed by atoms with van der Waals surface area (Å²) in [5.74, 6) is -0.0294. The van der Waals surface area contributed by atoms with E-state index in [-0.39, 0.29) is 5.97 Å². The van der Waals surface area contributed by atoms with E-state index < -0.39 is 0 Å². The van der Waals surface area contributed by atoms with E-state index in [4.69, 9.17) is 4.74 Å². The van der Waals surface area contributed by atoms with Crippen LogP contribution in [0, 0.1) is 0 Å². The lowest BCUT2D eigenvalue weighted by Gasteiger charge is -2.05. The third kappa shape index (κ3) is 38.4. The van der Waals surface area contributed by atoms with Gasteiger partial charge in [-0.1, -0.05) is 191 Å². The van der Waals surface area contributed by atoms with Crippen LogP contribution < -0.4 is 0 Å². The van der Waals surface area contributed by atoms with Crippen molar-refractivity contribution in [1.82, 2.24) is 0 Å². The Labute approximate surface area is 270 Å². The van der Waals surface area contributed by atoms with Crippen molar-refractivity contribution in [2.75, 3.05) is 6.61 Å². The largest absolute Gasteiger partial charge is 0.466 e. The summed E-state index contributed by atoms with van der Waals surface area (Å²) in [4.78, 5) is 11.9. The number of hydrogen-bond acceptors (Lipinski definition) is 2. The summed E-state index contributed by atoms with van der Waals surface area (Å²) in [6.45, 7) is 5.14. The maximum atomic E-state index is 11.9. The van der Waals surface area contributed by atoms with E-state index >= 15 is 0 Å². The molecule has 0 aromatic rings. The van der Waals surface area contributed by atoms with Crippen LogP contribution >= 0.6 is 0 Å². The normalized spacial score (nSPS) is 12.1. The van der Waals surface area contributed by atoms with E-state index in [1.54, 1.807) is 0 Å². The van der Waals surface area contributed by atoms with Gasteiger partial charge < -0.3 is 4.74 Å². The van der Waals surface area contributed by atoms with Gasteiger partial charge in [0.2, 0.25) is 0 Å². The van der Waals surface area contributed by atoms with Gasteiger partial charge in [0.05, 0.1) is 6.61 Å². The lowest BCUT2D eigenvalue weighted by molar-refractivity contribution is -0.143. The molecular formula is C41H74O2. The second-order valence-electron chi connectivity index (χ2n) is 12.6. The molecule has 0 fully saturated rings. The second kappa shape index (κ2) is 38.5. The van der Waals surface area contributed by atoms with Crippen LogP contribution in [0.1, 0.15) is 200 Å². The number of esters is 1. The lowest BCUT2D eigenvalue weighted by atomic mass is 10.0. The maximum Gasteiger partial charge on any atom is 0.305 e. The van der Waals surface area contributed by atoms with E-state index in [0.29, 0.717) is 13.0 Å². The first-order valence-corrected chi connectivity index (χ1v) is 19.1. The average molecular weight is 599 g/mol. The van der Waals surface area contributed by atoms with E-state index in [2.05, 4.69) is 62.5 Å². The van der Waals surface area contributed by atoms with Crippen LogP contribution in [0.4, 0.5) is 0 Å². The van der Waals surface area contributed by atoms with Crippen molar-refractivity contribution in [3.05, 3.63) is 48.6 Å². The molecule has 250 valence electrons. The molecule has 2 heteroatoms. The van der Waals surface area contributed by atoms with Gasteiger partial charge in [0.25, 0.3) is 0 Å². The molecule has 0 heterocycles. The third-order valence-corrected chi connectivity index (χ3v) is 8.22. The minimum atomic E-state index is -0.0294. The number of unbranched alkanes of at least 4 members (excludes halogenated alkanes) is 22. The summed E-state index contributed by atoms with van der Waals surface area (Å²) in [5, 5.41) is 0. The van der Waals surface area contributed by atoms with Gasteiger partial charge in [-0.25, -0.2) is 0 Å². The van der Waals surface area contributed by atoms with Crippen molar-refractivity contribution >= 4 is 5.97 Å². The summed E-state index contributed by atoms with van der Waals surface area (Å²) in [7, 11) is 0. The minimum absolute atomic E-state index is 0.0294. The second-order valence-corrected chi connectivity index (χ2v) is 12.6. The molecule has 0 unspecified atom stereocenters. The molecule has 0 saturated carbocycles. The Morgan fingerprint density at radius 1 is 0.395 bits per heavy atom. The smallest absolute Gasteiger partial charge is 0.305 e. The molecule has 0 aliphatic rings. The molecule has 0 atom stereocenters. The zero-order valence-electron chi connectivity index (χ0n) is 29.1. The first-order valence-electron chi connectivity index (χ1n) is 19.1. The number of ether oxygens (including phenoxy) is 1. The van der Waals surface area contributed by atoms with Gasteiger partial charge in [0.15, 0.2) is 0 Å². The van der Waals surface area contributed by atoms with E-state index in [1.165, 1.54) is 141 Å². The van der Waals surface area contributed by atoms with Crippen LogP contribution in [0.25, 0.3) is 0 Å². The third-order valence-electron chi connectivity index (χ3n) is 8.22. The average Bonchev–Trinajstić information content (AvgIpc) is 3.01. The van der Waals surface area contributed by atoms with Crippen molar-refractivity contribution < 1.29 is 9.53 Å². The van der Waals surface area contributed by atoms with Gasteiger partial charge in [-0.2, -0.15) is 0 Å². The summed E-state index contributed by atoms with van der Waals surface area (Å²) in [6, 6.07) is 0. The Kier molecular flexibility index (Phi) is 37.1. The lowest BCUT2D eigenvalue weighted by Crippen LogP contribution is -2.05. The number of carbonyl (C=O) groups excluding carboxylic acids is 1. The highest BCUT2D eigenvalue weighted by Crippen LogP contribution is 2.14. The highest BCUT2D eigenvalue weighted by Gasteiger charge is 2.01. The van der Waals surface area contributed by atoms with Crippen LogP contribution in [-0.2, 0) is 9.53 Å². The monoisotopic (exact) mass is 599 g/mol. The highest BCUT2D eigenvalue weighted by atomic mass is 16.5. The zero-order valence-corrected chi connectivity index (χ0v) is 29.1. The van der Waals surface area contributed by atoms with Crippen molar-refractivity contribution in [3.8, 4) is 0 Å². The Bertz CT molecular complexity index is 657. The zero-order chi connectivity index (χ0) is 31.2. The van der Waals surface area contributed by atoms with Crippen molar-refractivity contribution in [3.63, 3.8) is 0 Å². The SMILES string of the molecule is CCCCCC=CCC=CCC=CCC=CCCCC(=O)OCCCCCCCCCCCCCCCCCCCCC. The van der Waals surface area contributed by atoms with Gasteiger partial charge in [-0.05, 0) is 51.4 Å². The topological polar surface area (TPSA) is 26.3 Å². The van der Waals surface area contributed by atoms with Gasteiger partial charge in [-0.3, -0.25) is 4.79 Å². The quantitative estimate of drug-likeness (QED) is 0.0418. The summed E-state index contributed by atoms with van der Waals surface area (Å²) >= 11 is 0. The van der Waals surface area contributed by atoms with Gasteiger partial charge in [0.1, 0.15) is 0 Å². The molecule has 0 rings (SSSR count). The van der Waals surface area contributed by atoms with Crippen molar-refractivity contribution in [2.24, 2.45) is 0 Å². The number of carbonyl (C=O) groups is 1. The molecule has 0 spiro atoms. The van der Waals surface area contributed by atoms with Gasteiger partial charge in [-0.15, -0.1) is 0 Å².